The fraction of sp³-hybridized carbons (Fsp3) is 0.429. The zero-order chi connectivity index (χ0) is 7.56. The third-order valence-electron chi connectivity index (χ3n) is 1.55. The summed E-state index contributed by atoms with van der Waals surface area (Å²) in [4.78, 5) is 3.20. The van der Waals surface area contributed by atoms with Gasteiger partial charge in [-0.15, -0.1) is 0 Å². The van der Waals surface area contributed by atoms with Gasteiger partial charge >= 0.3 is 0 Å². The Balaban J connectivity index is 2.81. The Morgan fingerprint density at radius 1 is 1.60 bits per heavy atom. The largest absolute Gasteiger partial charge is 0.362 e. The second-order valence-electron chi connectivity index (χ2n) is 2.48. The lowest BCUT2D eigenvalue weighted by molar-refractivity contribution is 0.738. The minimum atomic E-state index is 0.732. The van der Waals surface area contributed by atoms with Gasteiger partial charge in [0.2, 0.25) is 0 Å². The molecule has 4 N–H and O–H groups in total. The Labute approximate surface area is 60.6 Å². The molecule has 1 heterocycles. The molecular formula is C7H13N3. The number of aryl methyl sites for hydroxylation is 2. The van der Waals surface area contributed by atoms with Gasteiger partial charge < -0.3 is 4.98 Å². The maximum atomic E-state index is 5.17. The van der Waals surface area contributed by atoms with Crippen LogP contribution in [0.4, 0.5) is 0 Å². The molecule has 0 aliphatic carbocycles. The van der Waals surface area contributed by atoms with Gasteiger partial charge in [0.05, 0.1) is 0 Å². The molecule has 1 rings (SSSR count). The first-order valence-electron chi connectivity index (χ1n) is 3.32. The van der Waals surface area contributed by atoms with E-state index in [1.165, 1.54) is 17.0 Å². The van der Waals surface area contributed by atoms with Crippen molar-refractivity contribution in [2.24, 2.45) is 5.84 Å². The van der Waals surface area contributed by atoms with Gasteiger partial charge in [-0.05, 0) is 25.5 Å². The number of rotatable bonds is 2. The van der Waals surface area contributed by atoms with Gasteiger partial charge in [-0.1, -0.05) is 0 Å². The first-order chi connectivity index (χ1) is 4.74. The quantitative estimate of drug-likeness (QED) is 0.415. The Hall–Kier alpha value is -0.800. The van der Waals surface area contributed by atoms with Gasteiger partial charge in [0, 0.05) is 17.9 Å². The molecule has 56 valence electrons. The van der Waals surface area contributed by atoms with Crippen molar-refractivity contribution >= 4 is 0 Å². The summed E-state index contributed by atoms with van der Waals surface area (Å²) in [5.41, 5.74) is 6.23. The molecule has 0 radical (unpaired) electrons. The van der Waals surface area contributed by atoms with Crippen LogP contribution >= 0.6 is 0 Å². The number of hydrazine groups is 1. The molecule has 1 aromatic heterocycles. The Morgan fingerprint density at radius 3 is 2.70 bits per heavy atom. The van der Waals surface area contributed by atoms with Crippen LogP contribution in [0.1, 0.15) is 17.0 Å². The van der Waals surface area contributed by atoms with Gasteiger partial charge in [-0.2, -0.15) is 0 Å². The van der Waals surface area contributed by atoms with E-state index in [9.17, 15) is 0 Å². The molecule has 10 heavy (non-hydrogen) atoms. The summed E-state index contributed by atoms with van der Waals surface area (Å²) < 4.78 is 0. The van der Waals surface area contributed by atoms with Crippen LogP contribution in [-0.2, 0) is 6.54 Å². The number of hydrogen-bond acceptors (Lipinski definition) is 2. The van der Waals surface area contributed by atoms with Crippen molar-refractivity contribution < 1.29 is 0 Å². The minimum absolute atomic E-state index is 0.732. The average Bonchev–Trinajstić information content (AvgIpc) is 2.13. The van der Waals surface area contributed by atoms with Crippen LogP contribution in [0.3, 0.4) is 0 Å². The molecule has 3 heteroatoms. The Morgan fingerprint density at radius 2 is 2.30 bits per heavy atom. The average molecular weight is 139 g/mol. The Kier molecular flexibility index (Phi) is 2.09. The standard InChI is InChI=1S/C7H13N3/c1-5-3-7(4-9-8)6(2)10-5/h3,9-10H,4,8H2,1-2H3. The molecule has 0 unspecified atom stereocenters. The molecule has 0 saturated carbocycles. The number of hydrogen-bond donors (Lipinski definition) is 3. The van der Waals surface area contributed by atoms with E-state index < -0.39 is 0 Å². The molecule has 0 aliphatic rings. The van der Waals surface area contributed by atoms with E-state index in [4.69, 9.17) is 5.84 Å². The van der Waals surface area contributed by atoms with E-state index in [0.717, 1.165) is 6.54 Å². The van der Waals surface area contributed by atoms with E-state index in [2.05, 4.69) is 16.5 Å². The lowest BCUT2D eigenvalue weighted by Crippen LogP contribution is -2.20. The second kappa shape index (κ2) is 2.86. The molecule has 1 aromatic rings. The lowest BCUT2D eigenvalue weighted by atomic mass is 10.2. The van der Waals surface area contributed by atoms with Crippen LogP contribution in [0.15, 0.2) is 6.07 Å². The van der Waals surface area contributed by atoms with Crippen LogP contribution in [0.5, 0.6) is 0 Å². The summed E-state index contributed by atoms with van der Waals surface area (Å²) in [5.74, 6) is 5.17. The summed E-state index contributed by atoms with van der Waals surface area (Å²) in [6.45, 7) is 4.81. The highest BCUT2D eigenvalue weighted by molar-refractivity contribution is 5.23. The van der Waals surface area contributed by atoms with Crippen LogP contribution in [0, 0.1) is 13.8 Å². The fourth-order valence-corrected chi connectivity index (χ4v) is 1.08. The highest BCUT2D eigenvalue weighted by Gasteiger charge is 1.98. The van der Waals surface area contributed by atoms with Gasteiger partial charge in [-0.25, -0.2) is 0 Å². The minimum Gasteiger partial charge on any atom is -0.362 e. The van der Waals surface area contributed by atoms with Crippen molar-refractivity contribution in [1.82, 2.24) is 10.4 Å². The van der Waals surface area contributed by atoms with Gasteiger partial charge in [-0.3, -0.25) is 11.3 Å². The second-order valence-corrected chi connectivity index (χ2v) is 2.48. The lowest BCUT2D eigenvalue weighted by Gasteiger charge is -1.95. The van der Waals surface area contributed by atoms with Crippen LogP contribution in [-0.4, -0.2) is 4.98 Å². The molecule has 0 spiro atoms. The predicted molar refractivity (Wildman–Crippen MR) is 41.3 cm³/mol. The van der Waals surface area contributed by atoms with Crippen LogP contribution in [0.25, 0.3) is 0 Å². The number of aromatic nitrogens is 1. The normalized spacial score (nSPS) is 10.3. The molecule has 0 aliphatic heterocycles. The molecular weight excluding hydrogens is 126 g/mol. The fourth-order valence-electron chi connectivity index (χ4n) is 1.08. The molecule has 0 atom stereocenters. The molecule has 0 fully saturated rings. The molecule has 0 aromatic carbocycles. The molecule has 0 bridgehead atoms. The number of nitrogens with two attached hydrogens (primary N) is 1. The van der Waals surface area contributed by atoms with E-state index in [0.29, 0.717) is 0 Å². The summed E-state index contributed by atoms with van der Waals surface area (Å²) in [6, 6.07) is 2.09. The summed E-state index contributed by atoms with van der Waals surface area (Å²) in [5, 5.41) is 0. The smallest absolute Gasteiger partial charge is 0.0366 e. The number of aromatic amines is 1. The van der Waals surface area contributed by atoms with E-state index in [1.54, 1.807) is 0 Å². The monoisotopic (exact) mass is 139 g/mol. The SMILES string of the molecule is Cc1cc(CNN)c(C)[nH]1. The summed E-state index contributed by atoms with van der Waals surface area (Å²) in [7, 11) is 0. The van der Waals surface area contributed by atoms with Gasteiger partial charge in [0.1, 0.15) is 0 Å². The maximum Gasteiger partial charge on any atom is 0.0366 e. The Bertz CT molecular complexity index is 215. The zero-order valence-electron chi connectivity index (χ0n) is 6.36. The van der Waals surface area contributed by atoms with E-state index in [-0.39, 0.29) is 0 Å². The van der Waals surface area contributed by atoms with Crippen molar-refractivity contribution in [1.29, 1.82) is 0 Å². The zero-order valence-corrected chi connectivity index (χ0v) is 6.36. The maximum absolute atomic E-state index is 5.17. The molecule has 0 saturated heterocycles. The van der Waals surface area contributed by atoms with Crippen molar-refractivity contribution in [2.75, 3.05) is 0 Å². The van der Waals surface area contributed by atoms with Crippen molar-refractivity contribution in [2.45, 2.75) is 20.4 Å². The van der Waals surface area contributed by atoms with E-state index >= 15 is 0 Å². The first-order valence-corrected chi connectivity index (χ1v) is 3.32. The van der Waals surface area contributed by atoms with Crippen molar-refractivity contribution in [3.8, 4) is 0 Å². The van der Waals surface area contributed by atoms with Gasteiger partial charge in [0.25, 0.3) is 0 Å². The summed E-state index contributed by atoms with van der Waals surface area (Å²) >= 11 is 0. The predicted octanol–water partition coefficient (Wildman–Crippen LogP) is 0.595. The van der Waals surface area contributed by atoms with Crippen molar-refractivity contribution in [3.05, 3.63) is 23.0 Å². The number of nitrogens with one attached hydrogen (secondary N) is 2. The number of H-pyrrole nitrogens is 1. The summed E-state index contributed by atoms with van der Waals surface area (Å²) in [6.07, 6.45) is 0. The highest BCUT2D eigenvalue weighted by atomic mass is 15.2. The third-order valence-corrected chi connectivity index (χ3v) is 1.55. The third kappa shape index (κ3) is 1.37. The first kappa shape index (κ1) is 7.31. The highest BCUT2D eigenvalue weighted by Crippen LogP contribution is 2.07. The topological polar surface area (TPSA) is 53.8 Å². The van der Waals surface area contributed by atoms with Crippen LogP contribution < -0.4 is 11.3 Å². The van der Waals surface area contributed by atoms with Crippen LogP contribution in [0.2, 0.25) is 0 Å². The van der Waals surface area contributed by atoms with E-state index in [1.807, 2.05) is 13.8 Å². The molecule has 0 amide bonds. The molecule has 3 nitrogen and oxygen atoms in total. The van der Waals surface area contributed by atoms with Gasteiger partial charge in [0.15, 0.2) is 0 Å². The van der Waals surface area contributed by atoms with Crippen molar-refractivity contribution in [3.63, 3.8) is 0 Å².